The van der Waals surface area contributed by atoms with E-state index in [-0.39, 0.29) is 25.2 Å². The average Bonchev–Trinajstić information content (AvgIpc) is 2.46. The number of hydrogen-bond acceptors (Lipinski definition) is 5. The van der Waals surface area contributed by atoms with Crippen LogP contribution in [0.3, 0.4) is 0 Å². The first-order valence-corrected chi connectivity index (χ1v) is 8.65. The number of carbonyl (C=O) groups excluding carboxylic acids is 1. The molecule has 0 aliphatic carbocycles. The molecule has 0 aromatic carbocycles. The standard InChI is InChI=1S/C16H25IO5/c1-10-4-5-13(19)16(3,21)7-6-12(18)8-14(20)22-15(10)11(2)9-17/h4-5,9-10,12-13,15,18-19,21H,6-8H2,1-3H3/b5-4?,11-9+. The van der Waals surface area contributed by atoms with Crippen LogP contribution in [0, 0.1) is 5.92 Å². The summed E-state index contributed by atoms with van der Waals surface area (Å²) < 4.78 is 7.32. The smallest absolute Gasteiger partial charge is 0.309 e. The van der Waals surface area contributed by atoms with Gasteiger partial charge < -0.3 is 20.1 Å². The van der Waals surface area contributed by atoms with E-state index in [1.165, 1.54) is 13.0 Å². The van der Waals surface area contributed by atoms with Crippen LogP contribution in [0.5, 0.6) is 0 Å². The lowest BCUT2D eigenvalue weighted by Crippen LogP contribution is -2.39. The van der Waals surface area contributed by atoms with E-state index in [0.717, 1.165) is 5.57 Å². The van der Waals surface area contributed by atoms with Crippen LogP contribution in [0.4, 0.5) is 0 Å². The van der Waals surface area contributed by atoms with Gasteiger partial charge in [-0.15, -0.1) is 0 Å². The highest BCUT2D eigenvalue weighted by atomic mass is 127. The number of halogens is 1. The monoisotopic (exact) mass is 424 g/mol. The fourth-order valence-corrected chi connectivity index (χ4v) is 2.71. The quantitative estimate of drug-likeness (QED) is 0.341. The molecule has 3 N–H and O–H groups in total. The van der Waals surface area contributed by atoms with Gasteiger partial charge in [0.05, 0.1) is 18.1 Å². The van der Waals surface area contributed by atoms with Crippen molar-refractivity contribution < 1.29 is 24.9 Å². The van der Waals surface area contributed by atoms with Crippen LogP contribution in [0.2, 0.25) is 0 Å². The van der Waals surface area contributed by atoms with Crippen molar-refractivity contribution in [1.29, 1.82) is 0 Å². The summed E-state index contributed by atoms with van der Waals surface area (Å²) in [6.45, 7) is 5.27. The molecule has 22 heavy (non-hydrogen) atoms. The summed E-state index contributed by atoms with van der Waals surface area (Å²) in [5.41, 5.74) is -0.455. The minimum Gasteiger partial charge on any atom is -0.457 e. The molecule has 0 aromatic heterocycles. The van der Waals surface area contributed by atoms with Gasteiger partial charge in [-0.2, -0.15) is 0 Å². The molecule has 0 amide bonds. The largest absolute Gasteiger partial charge is 0.457 e. The first kappa shape index (κ1) is 19.6. The Morgan fingerprint density at radius 1 is 1.45 bits per heavy atom. The van der Waals surface area contributed by atoms with Gasteiger partial charge in [0.15, 0.2) is 0 Å². The Hall–Kier alpha value is -0.440. The molecule has 126 valence electrons. The number of aliphatic hydroxyl groups excluding tert-OH is 2. The zero-order valence-electron chi connectivity index (χ0n) is 13.2. The normalized spacial score (nSPS) is 38.9. The first-order valence-electron chi connectivity index (χ1n) is 7.40. The van der Waals surface area contributed by atoms with Gasteiger partial charge in [-0.05, 0) is 36.3 Å². The Morgan fingerprint density at radius 3 is 2.68 bits per heavy atom. The van der Waals surface area contributed by atoms with Gasteiger partial charge in [0, 0.05) is 5.92 Å². The summed E-state index contributed by atoms with van der Waals surface area (Å²) in [6, 6.07) is 0. The van der Waals surface area contributed by atoms with Gasteiger partial charge in [0.25, 0.3) is 0 Å². The molecule has 5 unspecified atom stereocenters. The summed E-state index contributed by atoms with van der Waals surface area (Å²) in [5.74, 6) is -0.617. The highest BCUT2D eigenvalue weighted by Crippen LogP contribution is 2.25. The van der Waals surface area contributed by atoms with Crippen LogP contribution in [-0.2, 0) is 9.53 Å². The third-order valence-corrected chi connectivity index (χ3v) is 4.96. The molecule has 0 bridgehead atoms. The average molecular weight is 424 g/mol. The Labute approximate surface area is 145 Å². The summed E-state index contributed by atoms with van der Waals surface area (Å²) in [6.07, 6.45) is 1.18. The third-order valence-electron chi connectivity index (χ3n) is 3.98. The molecule has 1 aliphatic heterocycles. The van der Waals surface area contributed by atoms with Crippen LogP contribution in [-0.4, -0.2) is 45.2 Å². The fraction of sp³-hybridized carbons (Fsp3) is 0.688. The highest BCUT2D eigenvalue weighted by molar-refractivity contribution is 14.1. The lowest BCUT2D eigenvalue weighted by atomic mass is 9.89. The van der Waals surface area contributed by atoms with E-state index in [1.54, 1.807) is 6.08 Å². The second-order valence-electron chi connectivity index (χ2n) is 6.21. The summed E-state index contributed by atoms with van der Waals surface area (Å²) in [5, 5.41) is 30.3. The van der Waals surface area contributed by atoms with Gasteiger partial charge in [-0.25, -0.2) is 0 Å². The van der Waals surface area contributed by atoms with Crippen LogP contribution < -0.4 is 0 Å². The van der Waals surface area contributed by atoms with E-state index >= 15 is 0 Å². The molecule has 0 aromatic rings. The molecule has 1 rings (SSSR count). The maximum absolute atomic E-state index is 12.0. The predicted octanol–water partition coefficient (Wildman–Crippen LogP) is 2.09. The lowest BCUT2D eigenvalue weighted by molar-refractivity contribution is -0.151. The molecule has 1 aliphatic rings. The molecule has 0 saturated heterocycles. The second-order valence-corrected chi connectivity index (χ2v) is 6.83. The Bertz CT molecular complexity index is 444. The van der Waals surface area contributed by atoms with Gasteiger partial charge in [-0.1, -0.05) is 41.7 Å². The second kappa shape index (κ2) is 8.42. The molecule has 0 radical (unpaired) electrons. The third kappa shape index (κ3) is 5.64. The Kier molecular flexibility index (Phi) is 7.51. The van der Waals surface area contributed by atoms with Gasteiger partial charge in [0.1, 0.15) is 12.2 Å². The van der Waals surface area contributed by atoms with Crippen LogP contribution >= 0.6 is 22.6 Å². The van der Waals surface area contributed by atoms with Crippen LogP contribution in [0.15, 0.2) is 21.8 Å². The van der Waals surface area contributed by atoms with E-state index < -0.39 is 29.9 Å². The van der Waals surface area contributed by atoms with Crippen molar-refractivity contribution in [2.24, 2.45) is 5.92 Å². The molecular weight excluding hydrogens is 399 g/mol. The number of aliphatic hydroxyl groups is 3. The first-order chi connectivity index (χ1) is 10.2. The van der Waals surface area contributed by atoms with Crippen LogP contribution in [0.25, 0.3) is 0 Å². The molecule has 5 atom stereocenters. The number of carbonyl (C=O) groups is 1. The minimum atomic E-state index is -1.34. The Morgan fingerprint density at radius 2 is 2.09 bits per heavy atom. The number of hydrogen-bond donors (Lipinski definition) is 3. The maximum Gasteiger partial charge on any atom is 0.309 e. The highest BCUT2D eigenvalue weighted by Gasteiger charge is 2.31. The molecule has 0 fully saturated rings. The van der Waals surface area contributed by atoms with Gasteiger partial charge in [0.2, 0.25) is 0 Å². The summed E-state index contributed by atoms with van der Waals surface area (Å²) in [4.78, 5) is 12.0. The van der Waals surface area contributed by atoms with Gasteiger partial charge in [-0.3, -0.25) is 4.79 Å². The maximum atomic E-state index is 12.0. The molecular formula is C16H25IO5. The topological polar surface area (TPSA) is 87.0 Å². The van der Waals surface area contributed by atoms with Crippen molar-refractivity contribution in [2.45, 2.75) is 63.9 Å². The SMILES string of the molecule is C/C(=C\I)C1OC(=O)CC(O)CCC(C)(O)C(O)C=CC1C. The summed E-state index contributed by atoms with van der Waals surface area (Å²) in [7, 11) is 0. The van der Waals surface area contributed by atoms with E-state index in [9.17, 15) is 20.1 Å². The fourth-order valence-electron chi connectivity index (χ4n) is 2.36. The lowest BCUT2D eigenvalue weighted by Gasteiger charge is -2.30. The number of rotatable bonds is 1. The van der Waals surface area contributed by atoms with Crippen molar-refractivity contribution in [3.8, 4) is 0 Å². The van der Waals surface area contributed by atoms with Crippen molar-refractivity contribution >= 4 is 28.6 Å². The van der Waals surface area contributed by atoms with E-state index in [0.29, 0.717) is 0 Å². The summed E-state index contributed by atoms with van der Waals surface area (Å²) >= 11 is 2.08. The van der Waals surface area contributed by atoms with E-state index in [2.05, 4.69) is 22.6 Å². The molecule has 1 heterocycles. The predicted molar refractivity (Wildman–Crippen MR) is 92.4 cm³/mol. The molecule has 0 saturated carbocycles. The zero-order valence-corrected chi connectivity index (χ0v) is 15.4. The molecule has 5 nitrogen and oxygen atoms in total. The zero-order chi connectivity index (χ0) is 16.9. The number of ether oxygens (including phenoxy) is 1. The van der Waals surface area contributed by atoms with Crippen molar-refractivity contribution in [1.82, 2.24) is 0 Å². The number of esters is 1. The Balaban J connectivity index is 3.07. The molecule has 6 heteroatoms. The van der Waals surface area contributed by atoms with Crippen molar-refractivity contribution in [3.05, 3.63) is 21.8 Å². The van der Waals surface area contributed by atoms with E-state index in [4.69, 9.17) is 4.74 Å². The number of cyclic esters (lactones) is 1. The van der Waals surface area contributed by atoms with Crippen molar-refractivity contribution in [2.75, 3.05) is 0 Å². The molecule has 0 spiro atoms. The van der Waals surface area contributed by atoms with Crippen LogP contribution in [0.1, 0.15) is 40.0 Å². The van der Waals surface area contributed by atoms with Crippen molar-refractivity contribution in [3.63, 3.8) is 0 Å². The van der Waals surface area contributed by atoms with E-state index in [1.807, 2.05) is 17.9 Å². The minimum absolute atomic E-state index is 0.117. The van der Waals surface area contributed by atoms with Gasteiger partial charge >= 0.3 is 5.97 Å².